The van der Waals surface area contributed by atoms with Crippen molar-refractivity contribution >= 4 is 22.2 Å². The number of ether oxygens (including phenoxy) is 1. The van der Waals surface area contributed by atoms with E-state index in [1.165, 1.54) is 32.1 Å². The highest BCUT2D eigenvalue weighted by Crippen LogP contribution is 2.13. The van der Waals surface area contributed by atoms with Crippen LogP contribution in [0.2, 0.25) is 0 Å². The van der Waals surface area contributed by atoms with Gasteiger partial charge in [-0.2, -0.15) is 0 Å². The van der Waals surface area contributed by atoms with Crippen LogP contribution in [0.25, 0.3) is 0 Å². The van der Waals surface area contributed by atoms with Gasteiger partial charge in [0.25, 0.3) is 0 Å². The van der Waals surface area contributed by atoms with Crippen molar-refractivity contribution in [3.05, 3.63) is 29.8 Å². The third-order valence-electron chi connectivity index (χ3n) is 2.79. The average Bonchev–Trinajstić information content (AvgIpc) is 2.42. The molecule has 2 nitrogen and oxygen atoms in total. The predicted octanol–water partition coefficient (Wildman–Crippen LogP) is 4.61. The Hall–Kier alpha value is -0.830. The first-order chi connectivity index (χ1) is 8.86. The molecule has 0 unspecified atom stereocenters. The van der Waals surface area contributed by atoms with Gasteiger partial charge in [-0.15, -0.1) is 0 Å². The summed E-state index contributed by atoms with van der Waals surface area (Å²) >= 11 is 3.44. The number of benzene rings is 1. The Balaban J connectivity index is 2.05. The van der Waals surface area contributed by atoms with Crippen molar-refractivity contribution < 1.29 is 9.53 Å². The average molecular weight is 313 g/mol. The minimum Gasteiger partial charge on any atom is -0.494 e. The van der Waals surface area contributed by atoms with Crippen LogP contribution in [0, 0.1) is 0 Å². The summed E-state index contributed by atoms with van der Waals surface area (Å²) in [5.41, 5.74) is 0.669. The third kappa shape index (κ3) is 6.80. The Morgan fingerprint density at radius 1 is 1.06 bits per heavy atom. The van der Waals surface area contributed by atoms with Crippen molar-refractivity contribution in [2.24, 2.45) is 0 Å². The van der Waals surface area contributed by atoms with E-state index in [-0.39, 0.29) is 0 Å². The highest BCUT2D eigenvalue weighted by molar-refractivity contribution is 9.09. The van der Waals surface area contributed by atoms with Gasteiger partial charge in [0.2, 0.25) is 0 Å². The van der Waals surface area contributed by atoms with E-state index < -0.39 is 0 Å². The Kier molecular flexibility index (Phi) is 8.57. The van der Waals surface area contributed by atoms with Gasteiger partial charge in [-0.25, -0.2) is 0 Å². The van der Waals surface area contributed by atoms with Crippen LogP contribution in [0.4, 0.5) is 0 Å². The summed E-state index contributed by atoms with van der Waals surface area (Å²) < 4.78 is 5.61. The van der Waals surface area contributed by atoms with E-state index in [1.807, 2.05) is 12.1 Å². The molecule has 0 atom stereocenters. The molecule has 0 bridgehead atoms. The Morgan fingerprint density at radius 2 is 1.78 bits per heavy atom. The van der Waals surface area contributed by atoms with Crippen LogP contribution in [-0.2, 0) is 0 Å². The van der Waals surface area contributed by atoms with Crippen LogP contribution in [0.1, 0.15) is 48.9 Å². The SMILES string of the molecule is O=Cc1cccc(OCCCCCCCCBr)c1. The van der Waals surface area contributed by atoms with Gasteiger partial charge in [-0.3, -0.25) is 4.79 Å². The number of unbranched alkanes of at least 4 members (excludes halogenated alkanes) is 5. The van der Waals surface area contributed by atoms with Gasteiger partial charge in [0, 0.05) is 10.9 Å². The molecular formula is C15H21BrO2. The zero-order valence-electron chi connectivity index (χ0n) is 10.7. The van der Waals surface area contributed by atoms with Crippen molar-refractivity contribution in [2.45, 2.75) is 38.5 Å². The molecule has 0 aliphatic rings. The smallest absolute Gasteiger partial charge is 0.150 e. The number of hydrogen-bond donors (Lipinski definition) is 0. The summed E-state index contributed by atoms with van der Waals surface area (Å²) in [6, 6.07) is 7.30. The van der Waals surface area contributed by atoms with E-state index in [1.54, 1.807) is 12.1 Å². The minimum atomic E-state index is 0.669. The molecule has 0 spiro atoms. The van der Waals surface area contributed by atoms with Gasteiger partial charge in [-0.1, -0.05) is 53.7 Å². The molecule has 0 saturated heterocycles. The van der Waals surface area contributed by atoms with Crippen molar-refractivity contribution in [1.82, 2.24) is 0 Å². The van der Waals surface area contributed by atoms with Crippen LogP contribution < -0.4 is 4.74 Å². The standard InChI is InChI=1S/C15H21BrO2/c16-10-5-3-1-2-4-6-11-18-15-9-7-8-14(12-15)13-17/h7-9,12-13H,1-6,10-11H2. The molecular weight excluding hydrogens is 292 g/mol. The van der Waals surface area contributed by atoms with E-state index in [4.69, 9.17) is 4.74 Å². The molecule has 0 amide bonds. The summed E-state index contributed by atoms with van der Waals surface area (Å²) in [6.45, 7) is 0.737. The third-order valence-corrected chi connectivity index (χ3v) is 3.35. The van der Waals surface area contributed by atoms with Crippen molar-refractivity contribution in [1.29, 1.82) is 0 Å². The molecule has 1 aromatic rings. The monoisotopic (exact) mass is 312 g/mol. The van der Waals surface area contributed by atoms with Crippen LogP contribution in [-0.4, -0.2) is 18.2 Å². The van der Waals surface area contributed by atoms with Gasteiger partial charge < -0.3 is 4.74 Å². The largest absolute Gasteiger partial charge is 0.494 e. The lowest BCUT2D eigenvalue weighted by molar-refractivity contribution is 0.112. The van der Waals surface area contributed by atoms with Gasteiger partial charge in [-0.05, 0) is 25.0 Å². The first-order valence-corrected chi connectivity index (χ1v) is 7.73. The van der Waals surface area contributed by atoms with Crippen molar-refractivity contribution in [3.8, 4) is 5.75 Å². The number of aldehydes is 1. The molecule has 0 fully saturated rings. The summed E-state index contributed by atoms with van der Waals surface area (Å²) in [7, 11) is 0. The van der Waals surface area contributed by atoms with Gasteiger partial charge in [0.1, 0.15) is 12.0 Å². The van der Waals surface area contributed by atoms with Gasteiger partial charge in [0.15, 0.2) is 0 Å². The van der Waals surface area contributed by atoms with E-state index in [0.29, 0.717) is 5.56 Å². The van der Waals surface area contributed by atoms with Crippen LogP contribution in [0.5, 0.6) is 5.75 Å². The molecule has 0 heterocycles. The number of alkyl halides is 1. The quantitative estimate of drug-likeness (QED) is 0.358. The van der Waals surface area contributed by atoms with Crippen LogP contribution in [0.15, 0.2) is 24.3 Å². The first kappa shape index (κ1) is 15.2. The summed E-state index contributed by atoms with van der Waals surface area (Å²) in [4.78, 5) is 10.6. The minimum absolute atomic E-state index is 0.669. The molecule has 3 heteroatoms. The summed E-state index contributed by atoms with van der Waals surface area (Å²) in [5.74, 6) is 0.791. The zero-order chi connectivity index (χ0) is 13.1. The summed E-state index contributed by atoms with van der Waals surface area (Å²) in [6.07, 6.45) is 8.32. The molecule has 100 valence electrons. The fraction of sp³-hybridized carbons (Fsp3) is 0.533. The fourth-order valence-corrected chi connectivity index (χ4v) is 2.17. The maximum absolute atomic E-state index is 10.6. The second kappa shape index (κ2) is 10.1. The molecule has 0 aliphatic heterocycles. The van der Waals surface area contributed by atoms with E-state index in [2.05, 4.69) is 15.9 Å². The maximum Gasteiger partial charge on any atom is 0.150 e. The topological polar surface area (TPSA) is 26.3 Å². The number of carbonyl (C=O) groups excluding carboxylic acids is 1. The number of hydrogen-bond acceptors (Lipinski definition) is 2. The molecule has 1 aromatic carbocycles. The number of carbonyl (C=O) groups is 1. The van der Waals surface area contributed by atoms with E-state index in [0.717, 1.165) is 30.4 Å². The Labute approximate surface area is 118 Å². The number of rotatable bonds is 10. The highest BCUT2D eigenvalue weighted by Gasteiger charge is 1.96. The lowest BCUT2D eigenvalue weighted by Gasteiger charge is -2.06. The molecule has 0 N–H and O–H groups in total. The summed E-state index contributed by atoms with van der Waals surface area (Å²) in [5, 5.41) is 1.11. The van der Waals surface area contributed by atoms with E-state index in [9.17, 15) is 4.79 Å². The molecule has 0 aliphatic carbocycles. The number of halogens is 1. The molecule has 1 rings (SSSR count). The lowest BCUT2D eigenvalue weighted by Crippen LogP contribution is -1.97. The van der Waals surface area contributed by atoms with Gasteiger partial charge in [0.05, 0.1) is 6.61 Å². The Morgan fingerprint density at radius 3 is 2.50 bits per heavy atom. The van der Waals surface area contributed by atoms with Gasteiger partial charge >= 0.3 is 0 Å². The second-order valence-corrected chi connectivity index (χ2v) is 5.14. The van der Waals surface area contributed by atoms with Crippen LogP contribution >= 0.6 is 15.9 Å². The van der Waals surface area contributed by atoms with Crippen molar-refractivity contribution in [3.63, 3.8) is 0 Å². The molecule has 18 heavy (non-hydrogen) atoms. The van der Waals surface area contributed by atoms with E-state index >= 15 is 0 Å². The predicted molar refractivity (Wildman–Crippen MR) is 78.8 cm³/mol. The first-order valence-electron chi connectivity index (χ1n) is 6.61. The highest BCUT2D eigenvalue weighted by atomic mass is 79.9. The zero-order valence-corrected chi connectivity index (χ0v) is 12.3. The molecule has 0 aromatic heterocycles. The second-order valence-electron chi connectivity index (χ2n) is 4.35. The van der Waals surface area contributed by atoms with Crippen LogP contribution in [0.3, 0.4) is 0 Å². The normalized spacial score (nSPS) is 10.3. The molecule has 0 saturated carbocycles. The van der Waals surface area contributed by atoms with Crippen molar-refractivity contribution in [2.75, 3.05) is 11.9 Å². The molecule has 0 radical (unpaired) electrons. The maximum atomic E-state index is 10.6. The lowest BCUT2D eigenvalue weighted by atomic mass is 10.1. The Bertz CT molecular complexity index is 339. The fourth-order valence-electron chi connectivity index (χ4n) is 1.77.